The van der Waals surface area contributed by atoms with E-state index in [9.17, 15) is 8.42 Å². The van der Waals surface area contributed by atoms with Crippen molar-refractivity contribution < 1.29 is 12.6 Å². The average molecular weight is 222 g/mol. The molecule has 1 heterocycles. The van der Waals surface area contributed by atoms with Crippen LogP contribution in [-0.2, 0) is 14.3 Å². The van der Waals surface area contributed by atoms with Crippen molar-refractivity contribution in [3.63, 3.8) is 0 Å². The van der Waals surface area contributed by atoms with E-state index in [-0.39, 0.29) is 16.5 Å². The molecule has 0 spiro atoms. The Kier molecular flexibility index (Phi) is 3.24. The Morgan fingerprint density at radius 1 is 1.62 bits per heavy atom. The van der Waals surface area contributed by atoms with Gasteiger partial charge < -0.3 is 0 Å². The highest BCUT2D eigenvalue weighted by atomic mass is 35.5. The lowest BCUT2D eigenvalue weighted by atomic mass is 10.5. The standard InChI is InChI=1S/C7H8ClNO3S/c1-2-12-13(10,11)7-5-9-4-3-6(7)8/h3-5H,2H2,1H3. The molecule has 0 N–H and O–H groups in total. The van der Waals surface area contributed by atoms with Gasteiger partial charge in [-0.15, -0.1) is 0 Å². The molecule has 0 bridgehead atoms. The molecule has 0 unspecified atom stereocenters. The molecule has 6 heteroatoms. The third-order valence-corrected chi connectivity index (χ3v) is 3.13. The summed E-state index contributed by atoms with van der Waals surface area (Å²) in [6.07, 6.45) is 2.57. The van der Waals surface area contributed by atoms with Crippen LogP contribution in [-0.4, -0.2) is 20.0 Å². The molecule has 0 aliphatic heterocycles. The van der Waals surface area contributed by atoms with E-state index in [1.807, 2.05) is 0 Å². The summed E-state index contributed by atoms with van der Waals surface area (Å²) < 4.78 is 27.2. The predicted molar refractivity (Wildman–Crippen MR) is 48.1 cm³/mol. The van der Waals surface area contributed by atoms with Gasteiger partial charge >= 0.3 is 0 Å². The number of pyridine rings is 1. The number of aromatic nitrogens is 1. The van der Waals surface area contributed by atoms with Gasteiger partial charge in [-0.1, -0.05) is 11.6 Å². The largest absolute Gasteiger partial charge is 0.300 e. The summed E-state index contributed by atoms with van der Waals surface area (Å²) in [6.45, 7) is 1.66. The molecule has 1 rings (SSSR count). The Bertz CT molecular complexity index is 390. The normalized spacial score (nSPS) is 11.5. The maximum atomic E-state index is 11.3. The first-order chi connectivity index (χ1) is 6.08. The summed E-state index contributed by atoms with van der Waals surface area (Å²) in [6, 6.07) is 1.40. The van der Waals surface area contributed by atoms with Crippen molar-refractivity contribution in [3.8, 4) is 0 Å². The molecule has 0 aliphatic rings. The van der Waals surface area contributed by atoms with Crippen LogP contribution in [0.1, 0.15) is 6.92 Å². The van der Waals surface area contributed by atoms with Gasteiger partial charge in [0.25, 0.3) is 10.1 Å². The van der Waals surface area contributed by atoms with Gasteiger partial charge in [0.05, 0.1) is 11.6 Å². The number of nitrogens with zero attached hydrogens (tertiary/aromatic N) is 1. The van der Waals surface area contributed by atoms with E-state index < -0.39 is 10.1 Å². The lowest BCUT2D eigenvalue weighted by molar-refractivity contribution is 0.338. The van der Waals surface area contributed by atoms with Crippen LogP contribution < -0.4 is 0 Å². The van der Waals surface area contributed by atoms with E-state index in [1.165, 1.54) is 12.3 Å². The fraction of sp³-hybridized carbons (Fsp3) is 0.286. The summed E-state index contributed by atoms with van der Waals surface area (Å²) in [7, 11) is -3.74. The first-order valence-corrected chi connectivity index (χ1v) is 5.35. The zero-order chi connectivity index (χ0) is 9.90. The number of hydrogen-bond donors (Lipinski definition) is 0. The Balaban J connectivity index is 3.15. The van der Waals surface area contributed by atoms with Crippen molar-refractivity contribution in [1.82, 2.24) is 4.98 Å². The minimum atomic E-state index is -3.74. The first kappa shape index (κ1) is 10.4. The molecule has 1 aromatic rings. The molecule has 0 radical (unpaired) electrons. The van der Waals surface area contributed by atoms with Crippen LogP contribution >= 0.6 is 11.6 Å². The van der Waals surface area contributed by atoms with E-state index in [1.54, 1.807) is 6.92 Å². The van der Waals surface area contributed by atoms with Crippen molar-refractivity contribution in [2.45, 2.75) is 11.8 Å². The maximum Gasteiger partial charge on any atom is 0.300 e. The van der Waals surface area contributed by atoms with Crippen LogP contribution in [0.25, 0.3) is 0 Å². The second-order valence-electron chi connectivity index (χ2n) is 2.17. The molecule has 13 heavy (non-hydrogen) atoms. The number of halogens is 1. The van der Waals surface area contributed by atoms with Crippen molar-refractivity contribution in [2.24, 2.45) is 0 Å². The summed E-state index contributed by atoms with van der Waals surface area (Å²) in [4.78, 5) is 3.55. The predicted octanol–water partition coefficient (Wildman–Crippen LogP) is 1.46. The van der Waals surface area contributed by atoms with Gasteiger partial charge in [0.1, 0.15) is 4.90 Å². The fourth-order valence-corrected chi connectivity index (χ4v) is 2.09. The van der Waals surface area contributed by atoms with E-state index in [2.05, 4.69) is 9.17 Å². The quantitative estimate of drug-likeness (QED) is 0.726. The Morgan fingerprint density at radius 2 is 2.31 bits per heavy atom. The van der Waals surface area contributed by atoms with Crippen LogP contribution in [0.4, 0.5) is 0 Å². The molecular weight excluding hydrogens is 214 g/mol. The van der Waals surface area contributed by atoms with E-state index in [0.717, 1.165) is 6.20 Å². The van der Waals surface area contributed by atoms with E-state index in [0.29, 0.717) is 0 Å². The Hall–Kier alpha value is -0.650. The molecule has 0 amide bonds. The molecule has 0 aliphatic carbocycles. The monoisotopic (exact) mass is 221 g/mol. The van der Waals surface area contributed by atoms with Gasteiger partial charge in [0.2, 0.25) is 0 Å². The molecule has 72 valence electrons. The summed E-state index contributed by atoms with van der Waals surface area (Å²) in [5.41, 5.74) is 0. The molecule has 0 atom stereocenters. The highest BCUT2D eigenvalue weighted by Gasteiger charge is 2.17. The molecule has 0 saturated carbocycles. The lowest BCUT2D eigenvalue weighted by Gasteiger charge is -2.03. The summed E-state index contributed by atoms with van der Waals surface area (Å²) >= 11 is 5.65. The average Bonchev–Trinajstić information content (AvgIpc) is 2.04. The number of hydrogen-bond acceptors (Lipinski definition) is 4. The van der Waals surface area contributed by atoms with Crippen LogP contribution in [0.5, 0.6) is 0 Å². The van der Waals surface area contributed by atoms with Crippen LogP contribution in [0.15, 0.2) is 23.4 Å². The minimum absolute atomic E-state index is 0.0769. The van der Waals surface area contributed by atoms with Gasteiger partial charge in [-0.05, 0) is 13.0 Å². The second kappa shape index (κ2) is 4.04. The zero-order valence-electron chi connectivity index (χ0n) is 6.90. The SMILES string of the molecule is CCOS(=O)(=O)c1cnccc1Cl. The van der Waals surface area contributed by atoms with Gasteiger partial charge in [-0.3, -0.25) is 9.17 Å². The molecular formula is C7H8ClNO3S. The van der Waals surface area contributed by atoms with Gasteiger partial charge in [0.15, 0.2) is 0 Å². The topological polar surface area (TPSA) is 56.3 Å². The van der Waals surface area contributed by atoms with Crippen molar-refractivity contribution in [1.29, 1.82) is 0 Å². The summed E-state index contributed by atoms with van der Waals surface area (Å²) in [5.74, 6) is 0. The highest BCUT2D eigenvalue weighted by molar-refractivity contribution is 7.86. The minimum Gasteiger partial charge on any atom is -0.267 e. The maximum absolute atomic E-state index is 11.3. The highest BCUT2D eigenvalue weighted by Crippen LogP contribution is 2.20. The van der Waals surface area contributed by atoms with Gasteiger partial charge in [-0.25, -0.2) is 0 Å². The van der Waals surface area contributed by atoms with Crippen molar-refractivity contribution in [3.05, 3.63) is 23.5 Å². The summed E-state index contributed by atoms with van der Waals surface area (Å²) in [5, 5.41) is 0.114. The zero-order valence-corrected chi connectivity index (χ0v) is 8.47. The smallest absolute Gasteiger partial charge is 0.267 e. The first-order valence-electron chi connectivity index (χ1n) is 3.57. The molecule has 0 saturated heterocycles. The Labute approximate surface area is 81.6 Å². The van der Waals surface area contributed by atoms with E-state index in [4.69, 9.17) is 11.6 Å². The second-order valence-corrected chi connectivity index (χ2v) is 4.16. The Morgan fingerprint density at radius 3 is 2.85 bits per heavy atom. The number of rotatable bonds is 3. The lowest BCUT2D eigenvalue weighted by Crippen LogP contribution is -2.06. The molecule has 0 aromatic carbocycles. The fourth-order valence-electron chi connectivity index (χ4n) is 0.766. The van der Waals surface area contributed by atoms with Crippen molar-refractivity contribution >= 4 is 21.7 Å². The van der Waals surface area contributed by atoms with E-state index >= 15 is 0 Å². The van der Waals surface area contributed by atoms with Crippen LogP contribution in [0, 0.1) is 0 Å². The van der Waals surface area contributed by atoms with Crippen LogP contribution in [0.3, 0.4) is 0 Å². The molecule has 4 nitrogen and oxygen atoms in total. The van der Waals surface area contributed by atoms with Crippen molar-refractivity contribution in [2.75, 3.05) is 6.61 Å². The third kappa shape index (κ3) is 2.40. The molecule has 0 fully saturated rings. The van der Waals surface area contributed by atoms with Gasteiger partial charge in [0, 0.05) is 12.4 Å². The van der Waals surface area contributed by atoms with Gasteiger partial charge in [-0.2, -0.15) is 8.42 Å². The molecule has 1 aromatic heterocycles. The van der Waals surface area contributed by atoms with Crippen LogP contribution in [0.2, 0.25) is 5.02 Å². The third-order valence-electron chi connectivity index (χ3n) is 1.28.